The van der Waals surface area contributed by atoms with E-state index in [9.17, 15) is 4.79 Å². The molecular weight excluding hydrogens is 387 g/mol. The van der Waals surface area contributed by atoms with Crippen molar-refractivity contribution in [2.24, 2.45) is 0 Å². The summed E-state index contributed by atoms with van der Waals surface area (Å²) in [6, 6.07) is 9.01. The van der Waals surface area contributed by atoms with E-state index < -0.39 is 0 Å². The van der Waals surface area contributed by atoms with Crippen LogP contribution in [0.1, 0.15) is 16.8 Å². The van der Waals surface area contributed by atoms with Gasteiger partial charge in [0.2, 0.25) is 0 Å². The normalized spacial score (nSPS) is 10.7. The summed E-state index contributed by atoms with van der Waals surface area (Å²) in [6.07, 6.45) is 1.47. The molecule has 2 heterocycles. The molecule has 0 spiro atoms. The number of halogens is 2. The van der Waals surface area contributed by atoms with Gasteiger partial charge in [0.05, 0.1) is 15.7 Å². The molecule has 27 heavy (non-hydrogen) atoms. The number of ether oxygens (including phenoxy) is 1. The van der Waals surface area contributed by atoms with Gasteiger partial charge in [0, 0.05) is 12.3 Å². The van der Waals surface area contributed by atoms with Crippen molar-refractivity contribution in [2.45, 2.75) is 20.8 Å². The van der Waals surface area contributed by atoms with E-state index in [0.29, 0.717) is 33.1 Å². The summed E-state index contributed by atoms with van der Waals surface area (Å²) in [5.41, 5.74) is 2.81. The van der Waals surface area contributed by atoms with Gasteiger partial charge in [-0.15, -0.1) is 0 Å². The van der Waals surface area contributed by atoms with E-state index in [-0.39, 0.29) is 12.5 Å². The highest BCUT2D eigenvalue weighted by Crippen LogP contribution is 2.25. The molecule has 0 radical (unpaired) electrons. The van der Waals surface area contributed by atoms with E-state index in [1.165, 1.54) is 10.9 Å². The van der Waals surface area contributed by atoms with E-state index in [1.54, 1.807) is 12.1 Å². The first kappa shape index (κ1) is 19.2. The number of nitrogens with one attached hydrogen (secondary N) is 1. The quantitative estimate of drug-likeness (QED) is 0.678. The average Bonchev–Trinajstić information content (AvgIpc) is 2.96. The molecule has 0 saturated carbocycles. The number of pyridine rings is 1. The Morgan fingerprint density at radius 2 is 2.00 bits per heavy atom. The van der Waals surface area contributed by atoms with E-state index in [1.807, 2.05) is 39.0 Å². The van der Waals surface area contributed by atoms with Gasteiger partial charge in [-0.05, 0) is 44.0 Å². The van der Waals surface area contributed by atoms with Crippen LogP contribution in [0.4, 0.5) is 5.82 Å². The number of hydrogen-bond donors (Lipinski definition) is 1. The largest absolute Gasteiger partial charge is 0.483 e. The molecule has 3 rings (SSSR count). The van der Waals surface area contributed by atoms with Crippen LogP contribution in [0.3, 0.4) is 0 Å². The number of rotatable bonds is 5. The molecule has 8 heteroatoms. The van der Waals surface area contributed by atoms with Crippen LogP contribution < -0.4 is 10.1 Å². The number of hydrogen-bond acceptors (Lipinski definition) is 4. The van der Waals surface area contributed by atoms with Crippen molar-refractivity contribution >= 4 is 34.9 Å². The first-order valence-electron chi connectivity index (χ1n) is 8.22. The summed E-state index contributed by atoms with van der Waals surface area (Å²) in [6.45, 7) is 5.63. The van der Waals surface area contributed by atoms with Crippen LogP contribution in [-0.2, 0) is 4.79 Å². The van der Waals surface area contributed by atoms with E-state index in [0.717, 1.165) is 11.1 Å². The standard InChI is InChI=1S/C19H18Cl2N4O2/c1-11-5-4-6-16(13(11)3)27-10-18(26)23-17-7-12(2)24-25(17)19-15(21)8-14(20)9-22-19/h4-9H,10H2,1-3H3,(H,23,26). The molecule has 0 saturated heterocycles. The van der Waals surface area contributed by atoms with Crippen LogP contribution in [0, 0.1) is 20.8 Å². The Bertz CT molecular complexity index is 1000. The smallest absolute Gasteiger partial charge is 0.263 e. The summed E-state index contributed by atoms with van der Waals surface area (Å²) >= 11 is 12.1. The lowest BCUT2D eigenvalue weighted by molar-refractivity contribution is -0.118. The Labute approximate surface area is 167 Å². The van der Waals surface area contributed by atoms with Gasteiger partial charge in [0.15, 0.2) is 12.4 Å². The second kappa shape index (κ2) is 7.98. The van der Waals surface area contributed by atoms with Crippen molar-refractivity contribution < 1.29 is 9.53 Å². The molecule has 1 amide bonds. The molecule has 1 aromatic carbocycles. The number of aromatic nitrogens is 3. The summed E-state index contributed by atoms with van der Waals surface area (Å²) in [4.78, 5) is 16.6. The predicted octanol–water partition coefficient (Wildman–Crippen LogP) is 4.52. The highest BCUT2D eigenvalue weighted by atomic mass is 35.5. The number of carbonyl (C=O) groups is 1. The highest BCUT2D eigenvalue weighted by Gasteiger charge is 2.15. The van der Waals surface area contributed by atoms with Gasteiger partial charge in [-0.2, -0.15) is 9.78 Å². The Balaban J connectivity index is 1.76. The summed E-state index contributed by atoms with van der Waals surface area (Å²) < 4.78 is 7.10. The van der Waals surface area contributed by atoms with Gasteiger partial charge in [-0.3, -0.25) is 4.79 Å². The van der Waals surface area contributed by atoms with Crippen molar-refractivity contribution in [1.82, 2.24) is 14.8 Å². The van der Waals surface area contributed by atoms with Crippen LogP contribution in [0.15, 0.2) is 36.5 Å². The van der Waals surface area contributed by atoms with Gasteiger partial charge >= 0.3 is 0 Å². The number of carbonyl (C=O) groups excluding carboxylic acids is 1. The predicted molar refractivity (Wildman–Crippen MR) is 106 cm³/mol. The van der Waals surface area contributed by atoms with Gasteiger partial charge < -0.3 is 10.1 Å². The zero-order chi connectivity index (χ0) is 19.6. The number of benzene rings is 1. The zero-order valence-corrected chi connectivity index (χ0v) is 16.6. The third-order valence-electron chi connectivity index (χ3n) is 4.00. The van der Waals surface area contributed by atoms with E-state index >= 15 is 0 Å². The third kappa shape index (κ3) is 4.40. The minimum absolute atomic E-state index is 0.129. The van der Waals surface area contributed by atoms with Gasteiger partial charge in [-0.1, -0.05) is 35.3 Å². The van der Waals surface area contributed by atoms with Gasteiger partial charge in [-0.25, -0.2) is 4.98 Å². The Morgan fingerprint density at radius 3 is 2.74 bits per heavy atom. The highest BCUT2D eigenvalue weighted by molar-refractivity contribution is 6.35. The SMILES string of the molecule is Cc1cc(NC(=O)COc2cccc(C)c2C)n(-c2ncc(Cl)cc2Cl)n1. The molecule has 0 aliphatic heterocycles. The zero-order valence-electron chi connectivity index (χ0n) is 15.1. The number of aryl methyl sites for hydroxylation is 2. The van der Waals surface area contributed by atoms with Crippen molar-refractivity contribution in [3.8, 4) is 11.6 Å². The maximum Gasteiger partial charge on any atom is 0.263 e. The second-order valence-electron chi connectivity index (χ2n) is 6.08. The lowest BCUT2D eigenvalue weighted by Gasteiger charge is -2.12. The Morgan fingerprint density at radius 1 is 1.22 bits per heavy atom. The van der Waals surface area contributed by atoms with Gasteiger partial charge in [0.1, 0.15) is 11.6 Å². The molecule has 0 aliphatic carbocycles. The van der Waals surface area contributed by atoms with Crippen LogP contribution in [0.5, 0.6) is 5.75 Å². The maximum absolute atomic E-state index is 12.4. The molecule has 0 atom stereocenters. The lowest BCUT2D eigenvalue weighted by Crippen LogP contribution is -2.22. The first-order valence-corrected chi connectivity index (χ1v) is 8.97. The number of amides is 1. The van der Waals surface area contributed by atoms with E-state index in [4.69, 9.17) is 27.9 Å². The van der Waals surface area contributed by atoms with Crippen LogP contribution in [0.2, 0.25) is 10.0 Å². The topological polar surface area (TPSA) is 69.0 Å². The molecule has 0 aliphatic rings. The molecule has 2 aromatic heterocycles. The molecular formula is C19H18Cl2N4O2. The van der Waals surface area contributed by atoms with Crippen molar-refractivity contribution in [3.05, 3.63) is 63.4 Å². The molecule has 1 N–H and O–H groups in total. The molecule has 3 aromatic rings. The fourth-order valence-corrected chi connectivity index (χ4v) is 2.98. The minimum Gasteiger partial charge on any atom is -0.483 e. The van der Waals surface area contributed by atoms with Crippen LogP contribution in [0.25, 0.3) is 5.82 Å². The third-order valence-corrected chi connectivity index (χ3v) is 4.49. The summed E-state index contributed by atoms with van der Waals surface area (Å²) in [7, 11) is 0. The van der Waals surface area contributed by atoms with Crippen LogP contribution >= 0.6 is 23.2 Å². The fraction of sp³-hybridized carbons (Fsp3) is 0.211. The van der Waals surface area contributed by atoms with Crippen molar-refractivity contribution in [3.63, 3.8) is 0 Å². The molecule has 140 valence electrons. The fourth-order valence-electron chi connectivity index (χ4n) is 2.52. The van der Waals surface area contributed by atoms with Gasteiger partial charge in [0.25, 0.3) is 5.91 Å². The lowest BCUT2D eigenvalue weighted by atomic mass is 10.1. The number of anilines is 1. The molecule has 0 fully saturated rings. The summed E-state index contributed by atoms with van der Waals surface area (Å²) in [5.74, 6) is 1.18. The Hall–Kier alpha value is -2.57. The monoisotopic (exact) mass is 404 g/mol. The Kier molecular flexibility index (Phi) is 5.68. The van der Waals surface area contributed by atoms with E-state index in [2.05, 4.69) is 15.4 Å². The van der Waals surface area contributed by atoms with Crippen molar-refractivity contribution in [1.29, 1.82) is 0 Å². The summed E-state index contributed by atoms with van der Waals surface area (Å²) in [5, 5.41) is 7.86. The molecule has 0 unspecified atom stereocenters. The minimum atomic E-state index is -0.317. The second-order valence-corrected chi connectivity index (χ2v) is 6.92. The first-order chi connectivity index (χ1) is 12.8. The number of nitrogens with zero attached hydrogens (tertiary/aromatic N) is 3. The van der Waals surface area contributed by atoms with Crippen LogP contribution in [-0.4, -0.2) is 27.3 Å². The van der Waals surface area contributed by atoms with Crippen molar-refractivity contribution in [2.75, 3.05) is 11.9 Å². The average molecular weight is 405 g/mol. The molecule has 6 nitrogen and oxygen atoms in total. The molecule has 0 bridgehead atoms. The maximum atomic E-state index is 12.4.